The highest BCUT2D eigenvalue weighted by Crippen LogP contribution is 2.44. The molecule has 0 aromatic carbocycles. The summed E-state index contributed by atoms with van der Waals surface area (Å²) in [4.78, 5) is 15.4. The second kappa shape index (κ2) is 3.33. The van der Waals surface area contributed by atoms with Gasteiger partial charge in [0, 0.05) is 12.4 Å². The fourth-order valence-electron chi connectivity index (χ4n) is 2.42. The van der Waals surface area contributed by atoms with E-state index in [0.717, 1.165) is 24.0 Å². The number of hydrogen-bond donors (Lipinski definition) is 1. The number of carboxylic acid groups (broad SMARTS) is 1. The summed E-state index contributed by atoms with van der Waals surface area (Å²) in [6.45, 7) is 4.05. The number of aromatic nitrogens is 1. The van der Waals surface area contributed by atoms with Gasteiger partial charge in [-0.15, -0.1) is 0 Å². The Labute approximate surface area is 89.2 Å². The van der Waals surface area contributed by atoms with Crippen LogP contribution in [-0.2, 0) is 11.2 Å². The maximum Gasteiger partial charge on any atom is 0.311 e. The van der Waals surface area contributed by atoms with Gasteiger partial charge in [-0.2, -0.15) is 0 Å². The summed E-state index contributed by atoms with van der Waals surface area (Å²) in [5, 5.41) is 9.30. The Bertz CT molecular complexity index is 398. The van der Waals surface area contributed by atoms with Crippen molar-refractivity contribution >= 4 is 5.97 Å². The van der Waals surface area contributed by atoms with Gasteiger partial charge in [0.25, 0.3) is 0 Å². The molecule has 0 saturated heterocycles. The maximum atomic E-state index is 11.3. The zero-order chi connectivity index (χ0) is 11.1. The van der Waals surface area contributed by atoms with Crippen molar-refractivity contribution in [3.8, 4) is 0 Å². The molecule has 80 valence electrons. The van der Waals surface area contributed by atoms with Crippen LogP contribution < -0.4 is 0 Å². The molecule has 1 atom stereocenters. The molecule has 1 aliphatic carbocycles. The van der Waals surface area contributed by atoms with Gasteiger partial charge in [-0.1, -0.05) is 13.8 Å². The average molecular weight is 205 g/mol. The quantitative estimate of drug-likeness (QED) is 0.764. The van der Waals surface area contributed by atoms with Crippen molar-refractivity contribution < 1.29 is 9.90 Å². The first-order valence-corrected chi connectivity index (χ1v) is 5.18. The van der Waals surface area contributed by atoms with E-state index >= 15 is 0 Å². The summed E-state index contributed by atoms with van der Waals surface area (Å²) < 4.78 is 0. The molecule has 1 aromatic rings. The summed E-state index contributed by atoms with van der Waals surface area (Å²) in [5.41, 5.74) is 1.86. The number of hydrogen-bond acceptors (Lipinski definition) is 2. The van der Waals surface area contributed by atoms with Crippen LogP contribution in [0.2, 0.25) is 0 Å². The molecule has 1 heterocycles. The van der Waals surface area contributed by atoms with E-state index in [2.05, 4.69) is 4.98 Å². The number of carboxylic acids is 1. The van der Waals surface area contributed by atoms with Crippen molar-refractivity contribution in [2.24, 2.45) is 5.41 Å². The van der Waals surface area contributed by atoms with E-state index < -0.39 is 11.9 Å². The molecule has 2 rings (SSSR count). The van der Waals surface area contributed by atoms with Crippen molar-refractivity contribution in [2.75, 3.05) is 0 Å². The molecule has 0 saturated carbocycles. The minimum Gasteiger partial charge on any atom is -0.481 e. The van der Waals surface area contributed by atoms with Crippen molar-refractivity contribution in [3.63, 3.8) is 0 Å². The Kier molecular flexibility index (Phi) is 2.25. The summed E-state index contributed by atoms with van der Waals surface area (Å²) in [6, 6.07) is 1.84. The fourth-order valence-corrected chi connectivity index (χ4v) is 2.42. The highest BCUT2D eigenvalue weighted by molar-refractivity contribution is 5.78. The molecule has 15 heavy (non-hydrogen) atoms. The molecule has 3 nitrogen and oxygen atoms in total. The predicted molar refractivity (Wildman–Crippen MR) is 56.7 cm³/mol. The maximum absolute atomic E-state index is 11.3. The van der Waals surface area contributed by atoms with Crippen LogP contribution in [0.15, 0.2) is 18.5 Å². The molecule has 3 heteroatoms. The van der Waals surface area contributed by atoms with Crippen LogP contribution in [0.4, 0.5) is 0 Å². The monoisotopic (exact) mass is 205 g/mol. The molecule has 0 amide bonds. The van der Waals surface area contributed by atoms with Crippen LogP contribution in [0, 0.1) is 5.41 Å². The van der Waals surface area contributed by atoms with Crippen molar-refractivity contribution in [1.82, 2.24) is 4.98 Å². The van der Waals surface area contributed by atoms with Gasteiger partial charge in [-0.3, -0.25) is 9.78 Å². The van der Waals surface area contributed by atoms with Gasteiger partial charge >= 0.3 is 5.97 Å². The van der Waals surface area contributed by atoms with E-state index in [0.29, 0.717) is 0 Å². The second-order valence-corrected chi connectivity index (χ2v) is 4.83. The van der Waals surface area contributed by atoms with Gasteiger partial charge in [0.2, 0.25) is 0 Å². The summed E-state index contributed by atoms with van der Waals surface area (Å²) in [7, 11) is 0. The zero-order valence-electron chi connectivity index (χ0n) is 9.03. The molecule has 1 aliphatic rings. The van der Waals surface area contributed by atoms with Gasteiger partial charge in [0.05, 0.1) is 5.92 Å². The lowest BCUT2D eigenvalue weighted by atomic mass is 9.66. The largest absolute Gasteiger partial charge is 0.481 e. The van der Waals surface area contributed by atoms with Crippen molar-refractivity contribution in [3.05, 3.63) is 29.6 Å². The van der Waals surface area contributed by atoms with Gasteiger partial charge in [-0.25, -0.2) is 0 Å². The van der Waals surface area contributed by atoms with Gasteiger partial charge in [-0.05, 0) is 35.4 Å². The Hall–Kier alpha value is -1.38. The molecule has 0 bridgehead atoms. The first-order chi connectivity index (χ1) is 7.02. The van der Waals surface area contributed by atoms with Gasteiger partial charge in [0.15, 0.2) is 0 Å². The lowest BCUT2D eigenvalue weighted by molar-refractivity contribution is -0.142. The number of nitrogens with zero attached hydrogens (tertiary/aromatic N) is 1. The number of carbonyl (C=O) groups is 1. The van der Waals surface area contributed by atoms with Crippen LogP contribution in [0.3, 0.4) is 0 Å². The summed E-state index contributed by atoms with van der Waals surface area (Å²) in [6.07, 6.45) is 5.30. The molecular weight excluding hydrogens is 190 g/mol. The Balaban J connectivity index is 2.53. The highest BCUT2D eigenvalue weighted by atomic mass is 16.4. The topological polar surface area (TPSA) is 50.2 Å². The average Bonchev–Trinajstić information content (AvgIpc) is 2.15. The first kappa shape index (κ1) is 10.1. The summed E-state index contributed by atoms with van der Waals surface area (Å²) >= 11 is 0. The normalized spacial score (nSPS) is 23.2. The number of aliphatic carboxylic acids is 1. The molecule has 0 radical (unpaired) electrons. The number of fused-ring (bicyclic) bond motifs is 1. The van der Waals surface area contributed by atoms with Crippen molar-refractivity contribution in [1.29, 1.82) is 0 Å². The van der Waals surface area contributed by atoms with Crippen molar-refractivity contribution in [2.45, 2.75) is 32.6 Å². The van der Waals surface area contributed by atoms with Crippen LogP contribution in [0.25, 0.3) is 0 Å². The van der Waals surface area contributed by atoms with Gasteiger partial charge < -0.3 is 5.11 Å². The lowest BCUT2D eigenvalue weighted by Gasteiger charge is -2.37. The smallest absolute Gasteiger partial charge is 0.311 e. The van der Waals surface area contributed by atoms with E-state index in [1.807, 2.05) is 19.9 Å². The molecule has 1 aromatic heterocycles. The third-order valence-electron chi connectivity index (χ3n) is 3.32. The van der Waals surface area contributed by atoms with Crippen LogP contribution >= 0.6 is 0 Å². The molecule has 1 unspecified atom stereocenters. The molecule has 0 fully saturated rings. The molecule has 1 N–H and O–H groups in total. The number of pyridine rings is 1. The third kappa shape index (κ3) is 1.62. The lowest BCUT2D eigenvalue weighted by Crippen LogP contribution is -2.33. The molecule has 0 spiro atoms. The minimum atomic E-state index is -0.729. The predicted octanol–water partition coefficient (Wildman–Crippen LogP) is 2.22. The van der Waals surface area contributed by atoms with E-state index in [9.17, 15) is 9.90 Å². The zero-order valence-corrected chi connectivity index (χ0v) is 9.03. The van der Waals surface area contributed by atoms with Gasteiger partial charge in [0.1, 0.15) is 0 Å². The van der Waals surface area contributed by atoms with Crippen LogP contribution in [0.1, 0.15) is 37.3 Å². The second-order valence-electron chi connectivity index (χ2n) is 4.83. The van der Waals surface area contributed by atoms with E-state index in [1.54, 1.807) is 12.4 Å². The number of rotatable bonds is 1. The SMILES string of the molecule is CC1(C)CCc2cnccc2C1C(=O)O. The van der Waals surface area contributed by atoms with E-state index in [-0.39, 0.29) is 5.41 Å². The van der Waals surface area contributed by atoms with E-state index in [4.69, 9.17) is 0 Å². The number of aryl methyl sites for hydroxylation is 1. The third-order valence-corrected chi connectivity index (χ3v) is 3.32. The van der Waals surface area contributed by atoms with E-state index in [1.165, 1.54) is 0 Å². The molecular formula is C12H15NO2. The summed E-state index contributed by atoms with van der Waals surface area (Å²) in [5.74, 6) is -1.13. The fraction of sp³-hybridized carbons (Fsp3) is 0.500. The van der Waals surface area contributed by atoms with Crippen LogP contribution in [0.5, 0.6) is 0 Å². The Morgan fingerprint density at radius 3 is 3.00 bits per heavy atom. The molecule has 0 aliphatic heterocycles. The Morgan fingerprint density at radius 1 is 1.60 bits per heavy atom. The van der Waals surface area contributed by atoms with Crippen LogP contribution in [-0.4, -0.2) is 16.1 Å². The Morgan fingerprint density at radius 2 is 2.33 bits per heavy atom. The minimum absolute atomic E-state index is 0.166. The standard InChI is InChI=1S/C12H15NO2/c1-12(2)5-3-8-7-13-6-4-9(8)10(12)11(14)15/h4,6-7,10H,3,5H2,1-2H3,(H,14,15). The highest BCUT2D eigenvalue weighted by Gasteiger charge is 2.40. The first-order valence-electron chi connectivity index (χ1n) is 5.18.